The summed E-state index contributed by atoms with van der Waals surface area (Å²) in [6.07, 6.45) is 0. The molecule has 0 saturated carbocycles. The van der Waals surface area contributed by atoms with E-state index in [2.05, 4.69) is 20.4 Å². The van der Waals surface area contributed by atoms with Crippen LogP contribution in [0.25, 0.3) is 0 Å². The molecule has 0 atom stereocenters. The van der Waals surface area contributed by atoms with E-state index in [0.717, 1.165) is 26.1 Å². The number of benzene rings is 1. The summed E-state index contributed by atoms with van der Waals surface area (Å²) in [5.74, 6) is 0. The summed E-state index contributed by atoms with van der Waals surface area (Å²) in [6, 6.07) is 10.1. The van der Waals surface area contributed by atoms with Gasteiger partial charge >= 0.3 is 81.4 Å². The van der Waals surface area contributed by atoms with E-state index in [1.165, 1.54) is 4.46 Å². The van der Waals surface area contributed by atoms with E-state index in [4.69, 9.17) is 0 Å². The molecule has 1 aromatic rings. The van der Waals surface area contributed by atoms with Crippen molar-refractivity contribution in [2.24, 2.45) is 0 Å². The van der Waals surface area contributed by atoms with Crippen molar-refractivity contribution < 1.29 is 26.1 Å². The molecule has 0 fully saturated rings. The molecular formula is C7H8HgSe. The van der Waals surface area contributed by atoms with Gasteiger partial charge in [0, 0.05) is 0 Å². The van der Waals surface area contributed by atoms with Gasteiger partial charge in [-0.2, -0.15) is 0 Å². The summed E-state index contributed by atoms with van der Waals surface area (Å²) in [7, 11) is 0. The van der Waals surface area contributed by atoms with E-state index >= 15 is 0 Å². The first-order chi connectivity index (χ1) is 4.39. The Labute approximate surface area is 80.8 Å². The molecule has 0 spiro atoms. The average Bonchev–Trinajstić information content (AvgIpc) is 1.94. The summed E-state index contributed by atoms with van der Waals surface area (Å²) in [5.41, 5.74) is 0. The van der Waals surface area contributed by atoms with E-state index in [9.17, 15) is 0 Å². The Morgan fingerprint density at radius 1 is 1.11 bits per heavy atom. The van der Waals surface area contributed by atoms with Gasteiger partial charge in [-0.1, -0.05) is 0 Å². The van der Waals surface area contributed by atoms with E-state index in [-0.39, 0.29) is 0 Å². The summed E-state index contributed by atoms with van der Waals surface area (Å²) in [6.45, 7) is 0. The Hall–Kier alpha value is 0.675. The molecule has 0 unspecified atom stereocenters. The van der Waals surface area contributed by atoms with Crippen LogP contribution in [0, 0.1) is 0 Å². The maximum atomic E-state index is 2.90. The molecule has 0 amide bonds. The first kappa shape index (κ1) is 9.67. The third kappa shape index (κ3) is 5.14. The van der Waals surface area contributed by atoms with Gasteiger partial charge < -0.3 is 0 Å². The van der Waals surface area contributed by atoms with Crippen LogP contribution in [-0.2, 0) is 26.1 Å². The van der Waals surface area contributed by atoms with Gasteiger partial charge in [0.15, 0.2) is 0 Å². The zero-order chi connectivity index (χ0) is 7.11. The second-order valence-corrected chi connectivity index (χ2v) is 2.30. The van der Waals surface area contributed by atoms with Crippen LogP contribution in [0.3, 0.4) is 0 Å². The van der Waals surface area contributed by atoms with Gasteiger partial charge in [0.2, 0.25) is 0 Å². The predicted octanol–water partition coefficient (Wildman–Crippen LogP) is 1.06. The third-order valence-electron chi connectivity index (χ3n) is 0.743. The van der Waals surface area contributed by atoms with Gasteiger partial charge in [-0.05, 0) is 0 Å². The van der Waals surface area contributed by atoms with Crippen LogP contribution in [0.2, 0.25) is 4.43 Å². The predicted molar refractivity (Wildman–Crippen MR) is 37.7 cm³/mol. The van der Waals surface area contributed by atoms with E-state index < -0.39 is 0 Å². The fourth-order valence-electron chi connectivity index (χ4n) is 0.420. The standard InChI is InChI=1S/C6H5Se.CH3.Hg/c7-6-4-2-1-3-5-6;;/h1-5H;1H3;. The molecule has 0 aliphatic rings. The summed E-state index contributed by atoms with van der Waals surface area (Å²) in [4.78, 5) is 0. The molecule has 0 aliphatic carbocycles. The molecule has 2 heteroatoms. The summed E-state index contributed by atoms with van der Waals surface area (Å²) >= 11 is 3.93. The molecule has 0 saturated heterocycles. The van der Waals surface area contributed by atoms with E-state index in [1.54, 1.807) is 0 Å². The van der Waals surface area contributed by atoms with E-state index in [0.29, 0.717) is 0 Å². The van der Waals surface area contributed by atoms with Crippen molar-refractivity contribution in [2.75, 3.05) is 0 Å². The van der Waals surface area contributed by atoms with Gasteiger partial charge in [0.25, 0.3) is 0 Å². The molecule has 1 rings (SSSR count). The van der Waals surface area contributed by atoms with Crippen LogP contribution in [-0.4, -0.2) is 16.0 Å². The Bertz CT molecular complexity index is 139. The number of hydrogen-bond donors (Lipinski definition) is 0. The SMILES string of the molecule is [CH3][Hg].[Se]c1ccccc1. The van der Waals surface area contributed by atoms with Crippen LogP contribution in [0.15, 0.2) is 30.3 Å². The van der Waals surface area contributed by atoms with Crippen LogP contribution >= 0.6 is 0 Å². The molecule has 0 aromatic heterocycles. The fraction of sp³-hybridized carbons (Fsp3) is 0.143. The van der Waals surface area contributed by atoms with Crippen molar-refractivity contribution in [2.45, 2.75) is 4.43 Å². The van der Waals surface area contributed by atoms with Gasteiger partial charge in [0.1, 0.15) is 0 Å². The molecule has 0 N–H and O–H groups in total. The molecule has 9 heavy (non-hydrogen) atoms. The third-order valence-corrected chi connectivity index (χ3v) is 1.31. The second-order valence-electron chi connectivity index (χ2n) is 1.31. The zero-order valence-corrected chi connectivity index (χ0v) is 12.7. The normalized spacial score (nSPS) is 7.44. The molecule has 0 nitrogen and oxygen atoms in total. The van der Waals surface area contributed by atoms with E-state index in [1.807, 2.05) is 30.3 Å². The van der Waals surface area contributed by atoms with Crippen LogP contribution in [0.5, 0.6) is 0 Å². The topological polar surface area (TPSA) is 0 Å². The Kier molecular flexibility index (Phi) is 7.30. The van der Waals surface area contributed by atoms with Crippen molar-refractivity contribution in [1.29, 1.82) is 0 Å². The molecule has 0 bridgehead atoms. The molecule has 44 valence electrons. The Morgan fingerprint density at radius 2 is 1.56 bits per heavy atom. The monoisotopic (exact) mass is 374 g/mol. The van der Waals surface area contributed by atoms with Gasteiger partial charge in [-0.15, -0.1) is 0 Å². The van der Waals surface area contributed by atoms with Crippen molar-refractivity contribution in [3.05, 3.63) is 30.3 Å². The molecule has 1 aromatic carbocycles. The first-order valence-corrected chi connectivity index (χ1v) is 9.18. The minimum absolute atomic E-state index is 1.03. The summed E-state index contributed by atoms with van der Waals surface area (Å²) < 4.78 is 3.39. The quantitative estimate of drug-likeness (QED) is 0.598. The van der Waals surface area contributed by atoms with Crippen molar-refractivity contribution in [3.8, 4) is 0 Å². The minimum atomic E-state index is 1.03. The van der Waals surface area contributed by atoms with Crippen molar-refractivity contribution in [1.82, 2.24) is 0 Å². The summed E-state index contributed by atoms with van der Waals surface area (Å²) in [5, 5.41) is 0. The van der Waals surface area contributed by atoms with Gasteiger partial charge in [-0.3, -0.25) is 0 Å². The fourth-order valence-corrected chi connectivity index (χ4v) is 0.750. The molecule has 0 heterocycles. The maximum absolute atomic E-state index is 2.90. The van der Waals surface area contributed by atoms with Crippen LogP contribution in [0.1, 0.15) is 0 Å². The van der Waals surface area contributed by atoms with Crippen molar-refractivity contribution >= 4 is 20.5 Å². The zero-order valence-electron chi connectivity index (χ0n) is 5.50. The molecule has 1 radical (unpaired) electrons. The average molecular weight is 372 g/mol. The first-order valence-electron chi connectivity index (χ1n) is 2.82. The van der Waals surface area contributed by atoms with Crippen LogP contribution in [0.4, 0.5) is 0 Å². The van der Waals surface area contributed by atoms with Gasteiger partial charge in [0.05, 0.1) is 0 Å². The molecule has 0 aliphatic heterocycles. The molecular weight excluding hydrogens is 364 g/mol. The number of hydrogen-bond acceptors (Lipinski definition) is 0. The van der Waals surface area contributed by atoms with Crippen molar-refractivity contribution in [3.63, 3.8) is 0 Å². The van der Waals surface area contributed by atoms with Gasteiger partial charge in [-0.25, -0.2) is 0 Å². The Balaban J connectivity index is 0.000000291. The Morgan fingerprint density at radius 3 is 1.78 bits per heavy atom. The number of rotatable bonds is 0. The second kappa shape index (κ2) is 6.79. The van der Waals surface area contributed by atoms with Crippen LogP contribution < -0.4 is 4.46 Å².